The Hall–Kier alpha value is -0.770. The number of carbonyl (C=O) groups is 1. The molecule has 1 amide bonds. The molecular formula is C14H22Cl2N2O. The third-order valence-electron chi connectivity index (χ3n) is 3.14. The second-order valence-corrected chi connectivity index (χ2v) is 4.88. The zero-order chi connectivity index (χ0) is 13.5. The van der Waals surface area contributed by atoms with Gasteiger partial charge >= 0.3 is 0 Å². The number of nitrogens with zero attached hydrogens (tertiary/aromatic N) is 1. The number of rotatable bonds is 6. The molecule has 1 unspecified atom stereocenters. The van der Waals surface area contributed by atoms with Crippen LogP contribution in [-0.4, -0.2) is 31.4 Å². The summed E-state index contributed by atoms with van der Waals surface area (Å²) in [7, 11) is 3.74. The molecule has 1 rings (SSSR count). The molecule has 0 bridgehead atoms. The third-order valence-corrected chi connectivity index (χ3v) is 3.40. The summed E-state index contributed by atoms with van der Waals surface area (Å²) in [6.45, 7) is 2.90. The van der Waals surface area contributed by atoms with E-state index in [1.165, 1.54) is 0 Å². The summed E-state index contributed by atoms with van der Waals surface area (Å²) in [6.07, 6.45) is 1.45. The van der Waals surface area contributed by atoms with Crippen LogP contribution in [0.15, 0.2) is 24.3 Å². The molecule has 1 aromatic rings. The highest BCUT2D eigenvalue weighted by molar-refractivity contribution is 6.30. The van der Waals surface area contributed by atoms with Gasteiger partial charge < -0.3 is 10.2 Å². The van der Waals surface area contributed by atoms with Crippen molar-refractivity contribution in [3.05, 3.63) is 34.9 Å². The molecule has 5 heteroatoms. The Kier molecular flexibility index (Phi) is 8.81. The Morgan fingerprint density at radius 2 is 1.95 bits per heavy atom. The molecule has 0 aliphatic rings. The van der Waals surface area contributed by atoms with Crippen LogP contribution in [0.4, 0.5) is 0 Å². The van der Waals surface area contributed by atoms with E-state index >= 15 is 0 Å². The predicted octanol–water partition coefficient (Wildman–Crippen LogP) is 3.28. The van der Waals surface area contributed by atoms with Crippen LogP contribution in [0, 0.1) is 0 Å². The Balaban J connectivity index is 0.00000324. The molecule has 0 aliphatic heterocycles. The fraction of sp³-hybridized carbons (Fsp3) is 0.500. The van der Waals surface area contributed by atoms with Crippen LogP contribution in [0.1, 0.15) is 31.4 Å². The molecule has 1 aromatic carbocycles. The van der Waals surface area contributed by atoms with E-state index in [9.17, 15) is 4.79 Å². The van der Waals surface area contributed by atoms with Crippen molar-refractivity contribution in [3.8, 4) is 0 Å². The van der Waals surface area contributed by atoms with Gasteiger partial charge in [-0.05, 0) is 44.6 Å². The second-order valence-electron chi connectivity index (χ2n) is 4.44. The normalized spacial score (nSPS) is 11.6. The molecule has 0 saturated carbocycles. The molecule has 3 nitrogen and oxygen atoms in total. The maximum absolute atomic E-state index is 12.0. The van der Waals surface area contributed by atoms with Crippen molar-refractivity contribution in [3.63, 3.8) is 0 Å². The number of benzene rings is 1. The van der Waals surface area contributed by atoms with Gasteiger partial charge in [0.25, 0.3) is 0 Å². The quantitative estimate of drug-likeness (QED) is 0.818. The van der Waals surface area contributed by atoms with Crippen molar-refractivity contribution in [2.45, 2.75) is 25.8 Å². The van der Waals surface area contributed by atoms with E-state index in [-0.39, 0.29) is 24.4 Å². The first-order valence-electron chi connectivity index (χ1n) is 6.22. The van der Waals surface area contributed by atoms with Crippen molar-refractivity contribution in [2.24, 2.45) is 0 Å². The van der Waals surface area contributed by atoms with Gasteiger partial charge in [0.1, 0.15) is 0 Å². The molecule has 0 radical (unpaired) electrons. The van der Waals surface area contributed by atoms with Crippen molar-refractivity contribution in [1.82, 2.24) is 10.2 Å². The maximum Gasteiger partial charge on any atom is 0.222 e. The summed E-state index contributed by atoms with van der Waals surface area (Å²) in [5.74, 6) is 0.174. The van der Waals surface area contributed by atoms with Crippen LogP contribution in [0.5, 0.6) is 0 Å². The Labute approximate surface area is 126 Å². The van der Waals surface area contributed by atoms with Crippen LogP contribution in [-0.2, 0) is 4.79 Å². The molecule has 0 aliphatic carbocycles. The lowest BCUT2D eigenvalue weighted by Gasteiger charge is -2.25. The van der Waals surface area contributed by atoms with E-state index in [1.54, 1.807) is 4.90 Å². The first kappa shape index (κ1) is 18.2. The highest BCUT2D eigenvalue weighted by Gasteiger charge is 2.16. The molecule has 19 heavy (non-hydrogen) atoms. The summed E-state index contributed by atoms with van der Waals surface area (Å²) in [6, 6.07) is 7.71. The number of hydrogen-bond donors (Lipinski definition) is 1. The van der Waals surface area contributed by atoms with Gasteiger partial charge in [0.15, 0.2) is 0 Å². The average Bonchev–Trinajstić information content (AvgIpc) is 2.38. The molecule has 0 fully saturated rings. The Morgan fingerprint density at radius 1 is 1.37 bits per heavy atom. The van der Waals surface area contributed by atoms with Gasteiger partial charge in [0, 0.05) is 18.5 Å². The first-order valence-corrected chi connectivity index (χ1v) is 6.59. The summed E-state index contributed by atoms with van der Waals surface area (Å²) in [5, 5.41) is 3.76. The summed E-state index contributed by atoms with van der Waals surface area (Å²) < 4.78 is 0. The lowest BCUT2D eigenvalue weighted by atomic mass is 10.1. The zero-order valence-electron chi connectivity index (χ0n) is 11.6. The van der Waals surface area contributed by atoms with Crippen LogP contribution in [0.2, 0.25) is 5.02 Å². The predicted molar refractivity (Wildman–Crippen MR) is 83.0 cm³/mol. The van der Waals surface area contributed by atoms with Crippen molar-refractivity contribution in [1.29, 1.82) is 0 Å². The smallest absolute Gasteiger partial charge is 0.222 e. The highest BCUT2D eigenvalue weighted by Crippen LogP contribution is 2.21. The number of halogens is 2. The monoisotopic (exact) mass is 304 g/mol. The molecule has 1 atom stereocenters. The van der Waals surface area contributed by atoms with Gasteiger partial charge in [-0.2, -0.15) is 0 Å². The van der Waals surface area contributed by atoms with Crippen LogP contribution >= 0.6 is 24.0 Å². The summed E-state index contributed by atoms with van der Waals surface area (Å²) >= 11 is 5.86. The fourth-order valence-corrected chi connectivity index (χ4v) is 1.90. The minimum atomic E-state index is 0. The Bertz CT molecular complexity index is 382. The summed E-state index contributed by atoms with van der Waals surface area (Å²) in [5.41, 5.74) is 1.10. The SMILES string of the molecule is CNCCCC(=O)N(C)C(C)c1ccc(Cl)cc1.Cl. The van der Waals surface area contributed by atoms with Crippen LogP contribution in [0.3, 0.4) is 0 Å². The molecule has 0 heterocycles. The molecule has 0 aromatic heterocycles. The van der Waals surface area contributed by atoms with Crippen molar-refractivity contribution >= 4 is 29.9 Å². The van der Waals surface area contributed by atoms with Gasteiger partial charge in [-0.1, -0.05) is 23.7 Å². The van der Waals surface area contributed by atoms with Gasteiger partial charge in [0.05, 0.1) is 6.04 Å². The largest absolute Gasteiger partial charge is 0.339 e. The first-order chi connectivity index (χ1) is 8.56. The van der Waals surface area contributed by atoms with Gasteiger partial charge in [-0.25, -0.2) is 0 Å². The third kappa shape index (κ3) is 5.81. The van der Waals surface area contributed by atoms with E-state index in [0.717, 1.165) is 18.5 Å². The number of nitrogens with one attached hydrogen (secondary N) is 1. The molecule has 0 spiro atoms. The van der Waals surface area contributed by atoms with Crippen molar-refractivity contribution in [2.75, 3.05) is 20.6 Å². The maximum atomic E-state index is 12.0. The highest BCUT2D eigenvalue weighted by atomic mass is 35.5. The number of hydrogen-bond acceptors (Lipinski definition) is 2. The summed E-state index contributed by atoms with van der Waals surface area (Å²) in [4.78, 5) is 13.8. The minimum Gasteiger partial charge on any atom is -0.339 e. The molecular weight excluding hydrogens is 283 g/mol. The van der Waals surface area contributed by atoms with Crippen molar-refractivity contribution < 1.29 is 4.79 Å². The average molecular weight is 305 g/mol. The van der Waals surface area contributed by atoms with E-state index < -0.39 is 0 Å². The molecule has 1 N–H and O–H groups in total. The van der Waals surface area contributed by atoms with E-state index in [4.69, 9.17) is 11.6 Å². The molecule has 0 saturated heterocycles. The minimum absolute atomic E-state index is 0. The van der Waals surface area contributed by atoms with E-state index in [2.05, 4.69) is 5.32 Å². The standard InChI is InChI=1S/C14H21ClN2O.ClH/c1-11(12-6-8-13(15)9-7-12)17(3)14(18)5-4-10-16-2;/h6-9,11,16H,4-5,10H2,1-3H3;1H. The number of carbonyl (C=O) groups excluding carboxylic acids is 1. The fourth-order valence-electron chi connectivity index (χ4n) is 1.77. The molecule has 108 valence electrons. The second kappa shape index (κ2) is 9.18. The lowest BCUT2D eigenvalue weighted by Crippen LogP contribution is -2.30. The van der Waals surface area contributed by atoms with Gasteiger partial charge in [-0.15, -0.1) is 12.4 Å². The van der Waals surface area contributed by atoms with Gasteiger partial charge in [-0.3, -0.25) is 4.79 Å². The van der Waals surface area contributed by atoms with Crippen LogP contribution < -0.4 is 5.32 Å². The van der Waals surface area contributed by atoms with Crippen LogP contribution in [0.25, 0.3) is 0 Å². The van der Waals surface area contributed by atoms with Gasteiger partial charge in [0.2, 0.25) is 5.91 Å². The Morgan fingerprint density at radius 3 is 2.47 bits per heavy atom. The topological polar surface area (TPSA) is 32.3 Å². The zero-order valence-corrected chi connectivity index (χ0v) is 13.2. The van der Waals surface area contributed by atoms with E-state index in [0.29, 0.717) is 11.4 Å². The lowest BCUT2D eigenvalue weighted by molar-refractivity contribution is -0.131. The van der Waals surface area contributed by atoms with E-state index in [1.807, 2.05) is 45.3 Å². The number of amides is 1.